The van der Waals surface area contributed by atoms with Crippen molar-refractivity contribution in [3.05, 3.63) is 36.0 Å². The molecule has 4 rings (SSSR count). The van der Waals surface area contributed by atoms with Gasteiger partial charge in [-0.15, -0.1) is 0 Å². The summed E-state index contributed by atoms with van der Waals surface area (Å²) >= 11 is 0. The number of nitrogens with zero attached hydrogens (tertiary/aromatic N) is 6. The van der Waals surface area contributed by atoms with Gasteiger partial charge < -0.3 is 16.0 Å². The van der Waals surface area contributed by atoms with Gasteiger partial charge in [-0.25, -0.2) is 0 Å². The van der Waals surface area contributed by atoms with Crippen LogP contribution in [0.1, 0.15) is 31.2 Å². The molecule has 3 N–H and O–H groups in total. The fraction of sp³-hybridized carbons (Fsp3) is 0.368. The van der Waals surface area contributed by atoms with E-state index in [1.165, 1.54) is 0 Å². The number of anilines is 3. The number of hydrogen-bond acceptors (Lipinski definition) is 7. The number of fused-ring (bicyclic) bond motifs is 1. The van der Waals surface area contributed by atoms with Crippen LogP contribution in [-0.2, 0) is 7.05 Å². The van der Waals surface area contributed by atoms with Crippen molar-refractivity contribution in [2.24, 2.45) is 12.8 Å². The molecule has 0 spiro atoms. The predicted octanol–water partition coefficient (Wildman–Crippen LogP) is 2.64. The molecule has 1 saturated carbocycles. The zero-order valence-electron chi connectivity index (χ0n) is 15.5. The minimum atomic E-state index is -0.419. The lowest BCUT2D eigenvalue weighted by atomic mass is 10.1. The fourth-order valence-corrected chi connectivity index (χ4v) is 3.54. The van der Waals surface area contributed by atoms with E-state index < -0.39 is 5.66 Å². The van der Waals surface area contributed by atoms with Crippen LogP contribution in [0, 0.1) is 11.3 Å². The molecule has 0 aliphatic heterocycles. The highest BCUT2D eigenvalue weighted by Gasteiger charge is 2.35. The van der Waals surface area contributed by atoms with Crippen LogP contribution in [-0.4, -0.2) is 32.5 Å². The van der Waals surface area contributed by atoms with Crippen LogP contribution in [0.5, 0.6) is 0 Å². The Kier molecular flexibility index (Phi) is 4.16. The minimum absolute atomic E-state index is 0.419. The molecule has 138 valence electrons. The van der Waals surface area contributed by atoms with Crippen molar-refractivity contribution in [1.82, 2.24) is 19.7 Å². The molecule has 8 heteroatoms. The van der Waals surface area contributed by atoms with E-state index in [9.17, 15) is 0 Å². The fourth-order valence-electron chi connectivity index (χ4n) is 3.54. The maximum atomic E-state index is 8.97. The van der Waals surface area contributed by atoms with Gasteiger partial charge >= 0.3 is 0 Å². The zero-order valence-corrected chi connectivity index (χ0v) is 15.5. The third kappa shape index (κ3) is 3.06. The summed E-state index contributed by atoms with van der Waals surface area (Å²) in [7, 11) is 3.81. The number of nitrogens with two attached hydrogens (primary N) is 1. The molecule has 1 fully saturated rings. The molecule has 27 heavy (non-hydrogen) atoms. The Hall–Kier alpha value is -3.18. The Bertz CT molecular complexity index is 1010. The Morgan fingerprint density at radius 3 is 2.59 bits per heavy atom. The topological polar surface area (TPSA) is 109 Å². The van der Waals surface area contributed by atoms with E-state index in [-0.39, 0.29) is 0 Å². The smallest absolute Gasteiger partial charge is 0.230 e. The number of nitriles is 1. The second-order valence-electron chi connectivity index (χ2n) is 7.06. The van der Waals surface area contributed by atoms with Crippen LogP contribution in [0.4, 0.5) is 17.5 Å². The number of hydrogen-bond donors (Lipinski definition) is 2. The van der Waals surface area contributed by atoms with Gasteiger partial charge in [0.15, 0.2) is 5.65 Å². The van der Waals surface area contributed by atoms with Gasteiger partial charge in [0.25, 0.3) is 0 Å². The Labute approximate surface area is 157 Å². The lowest BCUT2D eigenvalue weighted by Gasteiger charge is -2.35. The highest BCUT2D eigenvalue weighted by molar-refractivity contribution is 5.89. The van der Waals surface area contributed by atoms with E-state index in [4.69, 9.17) is 21.0 Å². The quantitative estimate of drug-likeness (QED) is 0.687. The van der Waals surface area contributed by atoms with Crippen molar-refractivity contribution in [2.45, 2.75) is 31.3 Å². The first-order chi connectivity index (χ1) is 13.0. The largest absolute Gasteiger partial charge is 0.339 e. The number of nitrogens with one attached hydrogen (secondary N) is 1. The maximum absolute atomic E-state index is 8.97. The van der Waals surface area contributed by atoms with Crippen molar-refractivity contribution in [1.29, 1.82) is 5.26 Å². The van der Waals surface area contributed by atoms with Crippen molar-refractivity contribution in [3.8, 4) is 6.07 Å². The summed E-state index contributed by atoms with van der Waals surface area (Å²) in [5.41, 5.74) is 8.38. The van der Waals surface area contributed by atoms with Gasteiger partial charge in [0.05, 0.1) is 28.9 Å². The van der Waals surface area contributed by atoms with E-state index >= 15 is 0 Å². The molecule has 0 atom stereocenters. The van der Waals surface area contributed by atoms with E-state index in [1.54, 1.807) is 23.0 Å². The van der Waals surface area contributed by atoms with E-state index in [1.807, 2.05) is 31.1 Å². The minimum Gasteiger partial charge on any atom is -0.339 e. The maximum Gasteiger partial charge on any atom is 0.230 e. The third-order valence-corrected chi connectivity index (χ3v) is 5.29. The highest BCUT2D eigenvalue weighted by atomic mass is 15.4. The monoisotopic (exact) mass is 362 g/mol. The molecule has 1 aliphatic rings. The second-order valence-corrected chi connectivity index (χ2v) is 7.06. The molecule has 0 amide bonds. The summed E-state index contributed by atoms with van der Waals surface area (Å²) in [6.07, 6.45) is 5.83. The average molecular weight is 362 g/mol. The van der Waals surface area contributed by atoms with E-state index in [0.717, 1.165) is 42.4 Å². The molecular weight excluding hydrogens is 340 g/mol. The second kappa shape index (κ2) is 6.52. The van der Waals surface area contributed by atoms with Crippen LogP contribution in [0.2, 0.25) is 0 Å². The molecule has 3 aromatic rings. The molecule has 2 heterocycles. The third-order valence-electron chi connectivity index (χ3n) is 5.29. The number of aromatic nitrogens is 4. The lowest BCUT2D eigenvalue weighted by Crippen LogP contribution is -2.53. The zero-order chi connectivity index (χ0) is 19.0. The number of rotatable bonds is 4. The Morgan fingerprint density at radius 2 is 1.93 bits per heavy atom. The van der Waals surface area contributed by atoms with Gasteiger partial charge in [-0.05, 0) is 49.9 Å². The molecule has 0 unspecified atom stereocenters. The van der Waals surface area contributed by atoms with E-state index in [0.29, 0.717) is 17.3 Å². The van der Waals surface area contributed by atoms with Gasteiger partial charge in [0.2, 0.25) is 5.95 Å². The molecule has 0 bridgehead atoms. The molecule has 0 saturated heterocycles. The van der Waals surface area contributed by atoms with Crippen LogP contribution in [0.15, 0.2) is 30.5 Å². The summed E-state index contributed by atoms with van der Waals surface area (Å²) in [5.74, 6) is 1.24. The first kappa shape index (κ1) is 17.2. The molecule has 2 aromatic heterocycles. The van der Waals surface area contributed by atoms with Crippen molar-refractivity contribution < 1.29 is 0 Å². The van der Waals surface area contributed by atoms with Crippen molar-refractivity contribution in [3.63, 3.8) is 0 Å². The van der Waals surface area contributed by atoms with Crippen LogP contribution in [0.3, 0.4) is 0 Å². The Balaban J connectivity index is 1.75. The number of benzene rings is 1. The molecule has 0 radical (unpaired) electrons. The van der Waals surface area contributed by atoms with Crippen molar-refractivity contribution >= 4 is 28.5 Å². The number of aryl methyl sites for hydroxylation is 1. The van der Waals surface area contributed by atoms with Crippen LogP contribution in [0.25, 0.3) is 11.0 Å². The summed E-state index contributed by atoms with van der Waals surface area (Å²) in [6.45, 7) is 0. The SMILES string of the molecule is CN(c1nc(Nc2ccc(C#N)cc2)c2cnn(C)c2n1)C1(N)CCCC1. The first-order valence-corrected chi connectivity index (χ1v) is 9.00. The lowest BCUT2D eigenvalue weighted by molar-refractivity contribution is 0.425. The summed E-state index contributed by atoms with van der Waals surface area (Å²) in [5, 5.41) is 17.4. The summed E-state index contributed by atoms with van der Waals surface area (Å²) < 4.78 is 1.73. The summed E-state index contributed by atoms with van der Waals surface area (Å²) in [6, 6.07) is 9.37. The Morgan fingerprint density at radius 1 is 1.22 bits per heavy atom. The van der Waals surface area contributed by atoms with Gasteiger partial charge in [-0.2, -0.15) is 20.3 Å². The molecule has 8 nitrogen and oxygen atoms in total. The molecule has 1 aliphatic carbocycles. The van der Waals surface area contributed by atoms with Crippen LogP contribution < -0.4 is 16.0 Å². The molecule has 1 aromatic carbocycles. The average Bonchev–Trinajstić information content (AvgIpc) is 3.29. The molecular formula is C19H22N8. The van der Waals surface area contributed by atoms with Gasteiger partial charge in [-0.1, -0.05) is 0 Å². The standard InChI is InChI=1S/C19H22N8/c1-26(19(21)9-3-4-10-19)18-24-16(15-12-22-27(2)17(15)25-18)23-14-7-5-13(11-20)6-8-14/h5-8,12H,3-4,9-10,21H2,1-2H3,(H,23,24,25). The highest BCUT2D eigenvalue weighted by Crippen LogP contribution is 2.33. The van der Waals surface area contributed by atoms with E-state index in [2.05, 4.69) is 16.5 Å². The normalized spacial score (nSPS) is 15.6. The van der Waals surface area contributed by atoms with Crippen molar-refractivity contribution in [2.75, 3.05) is 17.3 Å². The first-order valence-electron chi connectivity index (χ1n) is 9.00. The predicted molar refractivity (Wildman–Crippen MR) is 105 cm³/mol. The van der Waals surface area contributed by atoms with Crippen LogP contribution >= 0.6 is 0 Å². The summed E-state index contributed by atoms with van der Waals surface area (Å²) in [4.78, 5) is 11.4. The van der Waals surface area contributed by atoms with Gasteiger partial charge in [0.1, 0.15) is 5.82 Å². The van der Waals surface area contributed by atoms with Gasteiger partial charge in [-0.3, -0.25) is 4.68 Å². The van der Waals surface area contributed by atoms with Gasteiger partial charge in [0, 0.05) is 19.8 Å².